The molecule has 0 saturated carbocycles. The SMILES string of the molecule is CC(C)(C)OC(=O)N1CC(CCCC(=O)c2noc3c2CN(c2ncnc4[nH]ccc24)CC3)C1. The van der Waals surface area contributed by atoms with Crippen LogP contribution in [0.2, 0.25) is 0 Å². The molecule has 2 aliphatic heterocycles. The highest BCUT2D eigenvalue weighted by Crippen LogP contribution is 2.30. The number of likely N-dealkylation sites (tertiary alicyclic amines) is 1. The van der Waals surface area contributed by atoms with E-state index in [1.54, 1.807) is 11.2 Å². The number of hydrogen-bond acceptors (Lipinski definition) is 8. The number of carbonyl (C=O) groups is 2. The fourth-order valence-electron chi connectivity index (χ4n) is 4.62. The third kappa shape index (κ3) is 4.49. The highest BCUT2D eigenvalue weighted by atomic mass is 16.6. The number of nitrogens with one attached hydrogen (secondary N) is 1. The second-order valence-electron chi connectivity index (χ2n) is 10.1. The molecule has 3 aromatic heterocycles. The first-order chi connectivity index (χ1) is 16.3. The Morgan fingerprint density at radius 1 is 1.26 bits per heavy atom. The third-order valence-corrected chi connectivity index (χ3v) is 6.35. The molecular formula is C24H30N6O4. The van der Waals surface area contributed by atoms with E-state index in [9.17, 15) is 9.59 Å². The molecule has 0 aliphatic carbocycles. The summed E-state index contributed by atoms with van der Waals surface area (Å²) >= 11 is 0. The predicted molar refractivity (Wildman–Crippen MR) is 125 cm³/mol. The average molecular weight is 467 g/mol. The van der Waals surface area contributed by atoms with Crippen LogP contribution in [0.25, 0.3) is 11.0 Å². The molecule has 1 fully saturated rings. The molecule has 5 rings (SSSR count). The van der Waals surface area contributed by atoms with Crippen LogP contribution in [-0.4, -0.2) is 62.1 Å². The van der Waals surface area contributed by atoms with Gasteiger partial charge < -0.3 is 24.0 Å². The average Bonchev–Trinajstić information content (AvgIpc) is 3.40. The van der Waals surface area contributed by atoms with E-state index in [1.807, 2.05) is 33.0 Å². The molecule has 34 heavy (non-hydrogen) atoms. The standard InChI is InChI=1S/C24H30N6O4/c1-24(2,3)33-23(32)30-11-15(12-30)5-4-6-18(31)20-17-13-29(10-8-19(17)34-28-20)22-16-7-9-25-21(16)26-14-27-22/h7,9,14-15H,4-6,8,10-13H2,1-3H3,(H,25,26,27). The van der Waals surface area contributed by atoms with E-state index in [-0.39, 0.29) is 11.9 Å². The molecular weight excluding hydrogens is 436 g/mol. The van der Waals surface area contributed by atoms with Crippen LogP contribution in [0.15, 0.2) is 23.1 Å². The number of fused-ring (bicyclic) bond motifs is 2. The van der Waals surface area contributed by atoms with Crippen LogP contribution in [0.5, 0.6) is 0 Å². The van der Waals surface area contributed by atoms with Gasteiger partial charge in [0.2, 0.25) is 0 Å². The zero-order valence-corrected chi connectivity index (χ0v) is 19.8. The van der Waals surface area contributed by atoms with Gasteiger partial charge in [0.15, 0.2) is 11.5 Å². The summed E-state index contributed by atoms with van der Waals surface area (Å²) in [5.41, 5.74) is 1.60. The van der Waals surface area contributed by atoms with Crippen LogP contribution in [0.1, 0.15) is 61.8 Å². The number of nitrogens with zero attached hydrogens (tertiary/aromatic N) is 5. The van der Waals surface area contributed by atoms with Gasteiger partial charge in [0, 0.05) is 44.2 Å². The highest BCUT2D eigenvalue weighted by Gasteiger charge is 2.34. The van der Waals surface area contributed by atoms with Crippen molar-refractivity contribution in [1.29, 1.82) is 0 Å². The number of hydrogen-bond donors (Lipinski definition) is 1. The van der Waals surface area contributed by atoms with Gasteiger partial charge in [-0.2, -0.15) is 0 Å². The predicted octanol–water partition coefficient (Wildman–Crippen LogP) is 3.73. The molecule has 1 saturated heterocycles. The Kier molecular flexibility index (Phi) is 5.75. The molecule has 1 amide bonds. The minimum Gasteiger partial charge on any atom is -0.444 e. The number of Topliss-reactive ketones (excluding diaryl/α,β-unsaturated/α-hetero) is 1. The molecule has 5 heterocycles. The zero-order valence-electron chi connectivity index (χ0n) is 19.8. The number of anilines is 1. The van der Waals surface area contributed by atoms with Crippen LogP contribution >= 0.6 is 0 Å². The van der Waals surface area contributed by atoms with E-state index in [0.717, 1.165) is 47.6 Å². The van der Waals surface area contributed by atoms with Gasteiger partial charge in [0.1, 0.15) is 29.2 Å². The minimum absolute atomic E-state index is 0.00431. The summed E-state index contributed by atoms with van der Waals surface area (Å²) in [6.07, 6.45) is 5.87. The first-order valence-electron chi connectivity index (χ1n) is 11.8. The molecule has 180 valence electrons. The van der Waals surface area contributed by atoms with E-state index in [4.69, 9.17) is 9.26 Å². The number of ketones is 1. The van der Waals surface area contributed by atoms with Gasteiger partial charge in [0.05, 0.1) is 11.9 Å². The Labute approximate surface area is 197 Å². The van der Waals surface area contributed by atoms with Gasteiger partial charge in [-0.1, -0.05) is 5.16 Å². The van der Waals surface area contributed by atoms with E-state index in [1.165, 1.54) is 0 Å². The normalized spacial score (nSPS) is 16.4. The smallest absolute Gasteiger partial charge is 0.410 e. The van der Waals surface area contributed by atoms with Gasteiger partial charge in [-0.05, 0) is 45.6 Å². The molecule has 0 atom stereocenters. The first kappa shape index (κ1) is 22.4. The van der Waals surface area contributed by atoms with Crippen molar-refractivity contribution in [1.82, 2.24) is 25.0 Å². The zero-order chi connectivity index (χ0) is 23.9. The molecule has 0 spiro atoms. The van der Waals surface area contributed by atoms with Crippen molar-refractivity contribution in [3.05, 3.63) is 35.6 Å². The summed E-state index contributed by atoms with van der Waals surface area (Å²) in [7, 11) is 0. The summed E-state index contributed by atoms with van der Waals surface area (Å²) in [5.74, 6) is 2.04. The molecule has 0 unspecified atom stereocenters. The molecule has 1 N–H and O–H groups in total. The Bertz CT molecular complexity index is 1200. The van der Waals surface area contributed by atoms with Crippen LogP contribution < -0.4 is 4.90 Å². The molecule has 0 aromatic carbocycles. The number of rotatable bonds is 6. The van der Waals surface area contributed by atoms with Crippen molar-refractivity contribution < 1.29 is 18.8 Å². The number of carbonyl (C=O) groups excluding carboxylic acids is 2. The van der Waals surface area contributed by atoms with Crippen molar-refractivity contribution in [3.8, 4) is 0 Å². The fraction of sp³-hybridized carbons (Fsp3) is 0.542. The molecule has 10 heteroatoms. The van der Waals surface area contributed by atoms with E-state index < -0.39 is 5.60 Å². The van der Waals surface area contributed by atoms with Gasteiger partial charge >= 0.3 is 6.09 Å². The topological polar surface area (TPSA) is 117 Å². The molecule has 2 aliphatic rings. The maximum atomic E-state index is 13.0. The maximum absolute atomic E-state index is 13.0. The van der Waals surface area contributed by atoms with Crippen molar-refractivity contribution >= 4 is 28.7 Å². The molecule has 0 radical (unpaired) electrons. The quantitative estimate of drug-likeness (QED) is 0.546. The summed E-state index contributed by atoms with van der Waals surface area (Å²) < 4.78 is 10.9. The van der Waals surface area contributed by atoms with Crippen molar-refractivity contribution in [2.75, 3.05) is 24.5 Å². The molecule has 0 bridgehead atoms. The summed E-state index contributed by atoms with van der Waals surface area (Å²) in [4.78, 5) is 40.7. The van der Waals surface area contributed by atoms with Crippen LogP contribution in [-0.2, 0) is 17.7 Å². The highest BCUT2D eigenvalue weighted by molar-refractivity contribution is 5.96. The van der Waals surface area contributed by atoms with E-state index >= 15 is 0 Å². The molecule has 3 aromatic rings. The molecule has 10 nitrogen and oxygen atoms in total. The van der Waals surface area contributed by atoms with Crippen LogP contribution in [0.4, 0.5) is 10.6 Å². The first-order valence-corrected chi connectivity index (χ1v) is 11.8. The lowest BCUT2D eigenvalue weighted by molar-refractivity contribution is -0.00243. The third-order valence-electron chi connectivity index (χ3n) is 6.35. The second-order valence-corrected chi connectivity index (χ2v) is 10.1. The van der Waals surface area contributed by atoms with Crippen LogP contribution in [0, 0.1) is 5.92 Å². The monoisotopic (exact) mass is 466 g/mol. The lowest BCUT2D eigenvalue weighted by atomic mass is 9.93. The number of aromatic amines is 1. The van der Waals surface area contributed by atoms with Gasteiger partial charge in [-0.25, -0.2) is 14.8 Å². The van der Waals surface area contributed by atoms with E-state index in [0.29, 0.717) is 44.1 Å². The maximum Gasteiger partial charge on any atom is 0.410 e. The Morgan fingerprint density at radius 3 is 2.88 bits per heavy atom. The van der Waals surface area contributed by atoms with Crippen molar-refractivity contribution in [2.24, 2.45) is 5.92 Å². The number of amides is 1. The fourth-order valence-corrected chi connectivity index (χ4v) is 4.62. The summed E-state index contributed by atoms with van der Waals surface area (Å²) in [6, 6.07) is 1.96. The van der Waals surface area contributed by atoms with Gasteiger partial charge in [-0.3, -0.25) is 4.79 Å². The van der Waals surface area contributed by atoms with Crippen LogP contribution in [0.3, 0.4) is 0 Å². The Balaban J connectivity index is 1.15. The number of aromatic nitrogens is 4. The lowest BCUT2D eigenvalue weighted by Crippen LogP contribution is -2.51. The second kappa shape index (κ2) is 8.73. The number of H-pyrrole nitrogens is 1. The summed E-state index contributed by atoms with van der Waals surface area (Å²) in [6.45, 7) is 8.24. The lowest BCUT2D eigenvalue weighted by Gasteiger charge is -2.39. The summed E-state index contributed by atoms with van der Waals surface area (Å²) in [5, 5.41) is 5.07. The Morgan fingerprint density at radius 2 is 2.09 bits per heavy atom. The largest absolute Gasteiger partial charge is 0.444 e. The van der Waals surface area contributed by atoms with Crippen molar-refractivity contribution in [2.45, 2.75) is 58.6 Å². The van der Waals surface area contributed by atoms with Crippen molar-refractivity contribution in [3.63, 3.8) is 0 Å². The van der Waals surface area contributed by atoms with Gasteiger partial charge in [-0.15, -0.1) is 0 Å². The van der Waals surface area contributed by atoms with Gasteiger partial charge in [0.25, 0.3) is 0 Å². The minimum atomic E-state index is -0.484. The van der Waals surface area contributed by atoms with E-state index in [2.05, 4.69) is 25.0 Å². The Hall–Kier alpha value is -3.43. The number of ether oxygens (including phenoxy) is 1.